The van der Waals surface area contributed by atoms with Crippen molar-refractivity contribution in [3.63, 3.8) is 0 Å². The quantitative estimate of drug-likeness (QED) is 0.330. The molecule has 0 aromatic heterocycles. The molecule has 11 heteroatoms. The fraction of sp³-hybridized carbons (Fsp3) is 0.259. The molecule has 0 bridgehead atoms. The summed E-state index contributed by atoms with van der Waals surface area (Å²) in [6.07, 6.45) is 0.00689. The maximum absolute atomic E-state index is 12.7. The monoisotopic (exact) mass is 563 g/mol. The smallest absolute Gasteiger partial charge is 0.326 e. The van der Waals surface area contributed by atoms with E-state index < -0.39 is 17.9 Å². The molecule has 38 heavy (non-hydrogen) atoms. The van der Waals surface area contributed by atoms with Gasteiger partial charge in [0.2, 0.25) is 17.2 Å². The van der Waals surface area contributed by atoms with Crippen molar-refractivity contribution >= 4 is 35.1 Å². The molecule has 1 atom stereocenters. The van der Waals surface area contributed by atoms with E-state index in [1.165, 1.54) is 47.7 Å². The minimum Gasteiger partial charge on any atom is -0.492 e. The van der Waals surface area contributed by atoms with Gasteiger partial charge in [-0.1, -0.05) is 53.5 Å². The van der Waals surface area contributed by atoms with Gasteiger partial charge in [-0.25, -0.2) is 4.79 Å². The van der Waals surface area contributed by atoms with Crippen LogP contribution in [-0.4, -0.2) is 58.6 Å². The molecule has 0 spiro atoms. The summed E-state index contributed by atoms with van der Waals surface area (Å²) < 4.78 is 27.9. The van der Waals surface area contributed by atoms with Gasteiger partial charge in [-0.3, -0.25) is 4.79 Å². The van der Waals surface area contributed by atoms with Gasteiger partial charge in [0.25, 0.3) is 5.91 Å². The minimum absolute atomic E-state index is 0.00689. The van der Waals surface area contributed by atoms with Gasteiger partial charge in [-0.2, -0.15) is 0 Å². The van der Waals surface area contributed by atoms with Gasteiger partial charge in [0, 0.05) is 6.42 Å². The molecule has 0 unspecified atom stereocenters. The number of carboxylic acids is 1. The molecule has 3 rings (SSSR count). The number of carboxylic acid groups (broad SMARTS) is 1. The maximum Gasteiger partial charge on any atom is 0.326 e. The molecular formula is C27H27Cl2NO8. The highest BCUT2D eigenvalue weighted by atomic mass is 35.5. The van der Waals surface area contributed by atoms with Crippen molar-refractivity contribution in [2.45, 2.75) is 12.5 Å². The van der Waals surface area contributed by atoms with E-state index in [1.807, 2.05) is 0 Å². The highest BCUT2D eigenvalue weighted by Gasteiger charge is 2.29. The molecule has 3 aromatic rings. The summed E-state index contributed by atoms with van der Waals surface area (Å²) in [6.45, 7) is 0. The number of amides is 1. The lowest BCUT2D eigenvalue weighted by molar-refractivity contribution is -0.139. The average molecular weight is 564 g/mol. The van der Waals surface area contributed by atoms with Crippen LogP contribution in [0, 0.1) is 0 Å². The highest BCUT2D eigenvalue weighted by molar-refractivity contribution is 6.39. The zero-order valence-electron chi connectivity index (χ0n) is 21.4. The number of methoxy groups -OCH3 is 5. The van der Waals surface area contributed by atoms with E-state index in [4.69, 9.17) is 46.9 Å². The Kier molecular flexibility index (Phi) is 9.55. The molecule has 0 heterocycles. The number of nitrogens with one attached hydrogen (secondary N) is 1. The third-order valence-corrected chi connectivity index (χ3v) is 6.41. The van der Waals surface area contributed by atoms with Gasteiger partial charge in [0.1, 0.15) is 6.04 Å². The zero-order valence-corrected chi connectivity index (χ0v) is 22.9. The molecule has 0 radical (unpaired) electrons. The Hall–Kier alpha value is -3.82. The summed E-state index contributed by atoms with van der Waals surface area (Å²) in [6, 6.07) is 10.4. The molecular weight excluding hydrogens is 537 g/mol. The Bertz CT molecular complexity index is 1270. The van der Waals surface area contributed by atoms with Crippen molar-refractivity contribution in [1.29, 1.82) is 0 Å². The number of benzene rings is 3. The Morgan fingerprint density at radius 2 is 1.21 bits per heavy atom. The van der Waals surface area contributed by atoms with E-state index >= 15 is 0 Å². The van der Waals surface area contributed by atoms with Gasteiger partial charge < -0.3 is 34.1 Å². The second-order valence-electron chi connectivity index (χ2n) is 7.90. The summed E-state index contributed by atoms with van der Waals surface area (Å²) in [7, 11) is 7.43. The van der Waals surface area contributed by atoms with Crippen LogP contribution in [0.25, 0.3) is 11.1 Å². The standard InChI is InChI=1S/C27H27Cl2NO8/c1-34-21-19(22(35-2)24(37-4)25(38-5)23(21)36-3)15-11-9-14(10-12-15)13-18(27(32)33)30-26(31)20-16(28)7-6-8-17(20)29/h6-12,18H,13H2,1-5H3,(H,30,31)(H,32,33)/t18-/m0/s1. The van der Waals surface area contributed by atoms with Crippen LogP contribution < -0.4 is 29.0 Å². The summed E-state index contributed by atoms with van der Waals surface area (Å²) in [4.78, 5) is 24.7. The predicted molar refractivity (Wildman–Crippen MR) is 144 cm³/mol. The van der Waals surface area contributed by atoms with E-state index in [-0.39, 0.29) is 22.0 Å². The van der Waals surface area contributed by atoms with Crippen LogP contribution in [-0.2, 0) is 11.2 Å². The second kappa shape index (κ2) is 12.6. The van der Waals surface area contributed by atoms with Gasteiger partial charge in [-0.05, 0) is 23.3 Å². The lowest BCUT2D eigenvalue weighted by Gasteiger charge is -2.22. The van der Waals surface area contributed by atoms with Crippen molar-refractivity contribution in [2.24, 2.45) is 0 Å². The topological polar surface area (TPSA) is 113 Å². The molecule has 1 amide bonds. The number of aliphatic carboxylic acids is 1. The lowest BCUT2D eigenvalue weighted by Crippen LogP contribution is -2.42. The van der Waals surface area contributed by atoms with Crippen LogP contribution in [0.3, 0.4) is 0 Å². The summed E-state index contributed by atoms with van der Waals surface area (Å²) in [5, 5.41) is 12.5. The normalized spacial score (nSPS) is 11.3. The van der Waals surface area contributed by atoms with Crippen molar-refractivity contribution in [1.82, 2.24) is 5.32 Å². The molecule has 0 aliphatic rings. The minimum atomic E-state index is -1.23. The van der Waals surface area contributed by atoms with Gasteiger partial charge >= 0.3 is 5.97 Å². The van der Waals surface area contributed by atoms with E-state index in [0.29, 0.717) is 45.4 Å². The largest absolute Gasteiger partial charge is 0.492 e. The number of hydrogen-bond donors (Lipinski definition) is 2. The van der Waals surface area contributed by atoms with Gasteiger partial charge in [-0.15, -0.1) is 0 Å². The van der Waals surface area contributed by atoms with Crippen LogP contribution in [0.1, 0.15) is 15.9 Å². The number of halogens is 2. The zero-order chi connectivity index (χ0) is 28.0. The third kappa shape index (κ3) is 5.69. The van der Waals surface area contributed by atoms with Gasteiger partial charge in [0.05, 0.1) is 56.7 Å². The fourth-order valence-electron chi connectivity index (χ4n) is 4.04. The van der Waals surface area contributed by atoms with Crippen LogP contribution in [0.2, 0.25) is 10.0 Å². The van der Waals surface area contributed by atoms with Crippen molar-refractivity contribution < 1.29 is 38.4 Å². The summed E-state index contributed by atoms with van der Waals surface area (Å²) in [5.74, 6) is -0.223. The Morgan fingerprint density at radius 3 is 1.63 bits per heavy atom. The Morgan fingerprint density at radius 1 is 0.763 bits per heavy atom. The average Bonchev–Trinajstić information content (AvgIpc) is 2.91. The third-order valence-electron chi connectivity index (χ3n) is 5.78. The lowest BCUT2D eigenvalue weighted by atomic mass is 9.98. The molecule has 0 saturated heterocycles. The Labute approximate surface area is 230 Å². The SMILES string of the molecule is COc1c(OC)c(OC)c(-c2ccc(C[C@H](NC(=O)c3c(Cl)cccc3Cl)C(=O)O)cc2)c(OC)c1OC. The Balaban J connectivity index is 1.96. The molecule has 0 fully saturated rings. The van der Waals surface area contributed by atoms with Crippen LogP contribution in [0.5, 0.6) is 28.7 Å². The van der Waals surface area contributed by atoms with E-state index in [2.05, 4.69) is 5.32 Å². The van der Waals surface area contributed by atoms with Crippen molar-refractivity contribution in [3.8, 4) is 39.9 Å². The van der Waals surface area contributed by atoms with Gasteiger partial charge in [0.15, 0.2) is 11.5 Å². The van der Waals surface area contributed by atoms with Crippen molar-refractivity contribution in [3.05, 3.63) is 63.6 Å². The van der Waals surface area contributed by atoms with E-state index in [0.717, 1.165) is 0 Å². The number of ether oxygens (including phenoxy) is 5. The molecule has 0 aliphatic carbocycles. The summed E-state index contributed by atoms with van der Waals surface area (Å²) in [5.41, 5.74) is 1.89. The van der Waals surface area contributed by atoms with Crippen LogP contribution in [0.4, 0.5) is 0 Å². The van der Waals surface area contributed by atoms with Crippen LogP contribution in [0.15, 0.2) is 42.5 Å². The number of rotatable bonds is 11. The molecule has 0 saturated carbocycles. The van der Waals surface area contributed by atoms with Crippen molar-refractivity contribution in [2.75, 3.05) is 35.5 Å². The molecule has 0 aliphatic heterocycles. The maximum atomic E-state index is 12.7. The highest BCUT2D eigenvalue weighted by Crippen LogP contribution is 2.56. The van der Waals surface area contributed by atoms with E-state index in [9.17, 15) is 14.7 Å². The first-order valence-electron chi connectivity index (χ1n) is 11.2. The first kappa shape index (κ1) is 28.7. The molecule has 202 valence electrons. The first-order chi connectivity index (χ1) is 18.2. The number of hydrogen-bond acceptors (Lipinski definition) is 7. The second-order valence-corrected chi connectivity index (χ2v) is 8.72. The predicted octanol–water partition coefficient (Wildman–Crippen LogP) is 5.13. The fourth-order valence-corrected chi connectivity index (χ4v) is 4.60. The summed E-state index contributed by atoms with van der Waals surface area (Å²) >= 11 is 12.2. The number of carbonyl (C=O) groups excluding carboxylic acids is 1. The molecule has 3 aromatic carbocycles. The molecule has 2 N–H and O–H groups in total. The number of carbonyl (C=O) groups is 2. The van der Waals surface area contributed by atoms with Crippen LogP contribution >= 0.6 is 23.2 Å². The first-order valence-corrected chi connectivity index (χ1v) is 12.0. The molecule has 9 nitrogen and oxygen atoms in total. The van der Waals surface area contributed by atoms with E-state index in [1.54, 1.807) is 30.3 Å².